The van der Waals surface area contributed by atoms with Crippen LogP contribution in [0.5, 0.6) is 0 Å². The van der Waals surface area contributed by atoms with E-state index in [-0.39, 0.29) is 18.4 Å². The first kappa shape index (κ1) is 18.9. The number of hydrogen-bond acceptors (Lipinski definition) is 5. The van der Waals surface area contributed by atoms with Crippen LogP contribution in [-0.2, 0) is 12.1 Å². The second kappa shape index (κ2) is 7.42. The van der Waals surface area contributed by atoms with Crippen LogP contribution >= 0.6 is 24.0 Å². The number of benzene rings is 1. The van der Waals surface area contributed by atoms with Gasteiger partial charge in [0.2, 0.25) is 5.89 Å². The maximum atomic E-state index is 6.24. The molecule has 0 spiro atoms. The summed E-state index contributed by atoms with van der Waals surface area (Å²) in [5, 5.41) is 4.68. The van der Waals surface area contributed by atoms with Crippen molar-refractivity contribution in [1.29, 1.82) is 0 Å². The van der Waals surface area contributed by atoms with Crippen molar-refractivity contribution in [3.63, 3.8) is 0 Å². The summed E-state index contributed by atoms with van der Waals surface area (Å²) >= 11 is 6.24. The zero-order valence-electron chi connectivity index (χ0n) is 13.2. The lowest BCUT2D eigenvalue weighted by Gasteiger charge is -2.24. The average molecular weight is 345 g/mol. The molecule has 0 aliphatic heterocycles. The standard InChI is InChI=1S/C15H21ClN4O.ClH/c1-10(11-7-5-6-8-12(11)16)20(4)9-13-18-14(19-21-13)15(2,3)17;/h5-8,10H,9,17H2,1-4H3;1H. The van der Waals surface area contributed by atoms with Crippen molar-refractivity contribution >= 4 is 24.0 Å². The molecule has 2 rings (SSSR count). The molecule has 22 heavy (non-hydrogen) atoms. The molecule has 1 aromatic carbocycles. The zero-order chi connectivity index (χ0) is 15.6. The van der Waals surface area contributed by atoms with E-state index in [0.29, 0.717) is 18.3 Å². The van der Waals surface area contributed by atoms with Gasteiger partial charge in [-0.3, -0.25) is 4.90 Å². The third kappa shape index (κ3) is 4.43. The van der Waals surface area contributed by atoms with Gasteiger partial charge >= 0.3 is 0 Å². The molecule has 0 fully saturated rings. The Balaban J connectivity index is 0.00000242. The van der Waals surface area contributed by atoms with Gasteiger partial charge in [-0.25, -0.2) is 0 Å². The highest BCUT2D eigenvalue weighted by molar-refractivity contribution is 6.31. The van der Waals surface area contributed by atoms with Crippen LogP contribution in [-0.4, -0.2) is 22.1 Å². The van der Waals surface area contributed by atoms with Crippen LogP contribution < -0.4 is 5.73 Å². The molecule has 2 aromatic rings. The molecular weight excluding hydrogens is 323 g/mol. The summed E-state index contributed by atoms with van der Waals surface area (Å²) in [5.74, 6) is 1.06. The van der Waals surface area contributed by atoms with Crippen LogP contribution in [0.15, 0.2) is 28.8 Å². The minimum Gasteiger partial charge on any atom is -0.338 e. The Morgan fingerprint density at radius 1 is 1.36 bits per heavy atom. The van der Waals surface area contributed by atoms with E-state index in [2.05, 4.69) is 22.0 Å². The topological polar surface area (TPSA) is 68.2 Å². The Morgan fingerprint density at radius 3 is 2.55 bits per heavy atom. The van der Waals surface area contributed by atoms with E-state index >= 15 is 0 Å². The maximum absolute atomic E-state index is 6.24. The monoisotopic (exact) mass is 344 g/mol. The summed E-state index contributed by atoms with van der Waals surface area (Å²) in [6.07, 6.45) is 0. The number of halogens is 2. The van der Waals surface area contributed by atoms with E-state index in [4.69, 9.17) is 21.9 Å². The number of nitrogens with zero attached hydrogens (tertiary/aromatic N) is 3. The summed E-state index contributed by atoms with van der Waals surface area (Å²) in [4.78, 5) is 6.44. The van der Waals surface area contributed by atoms with Crippen molar-refractivity contribution in [2.75, 3.05) is 7.05 Å². The minimum absolute atomic E-state index is 0. The minimum atomic E-state index is -0.603. The predicted molar refractivity (Wildman–Crippen MR) is 90.1 cm³/mol. The highest BCUT2D eigenvalue weighted by atomic mass is 35.5. The normalized spacial score (nSPS) is 13.0. The van der Waals surface area contributed by atoms with Crippen LogP contribution in [0.2, 0.25) is 5.02 Å². The lowest BCUT2D eigenvalue weighted by molar-refractivity contribution is 0.216. The Morgan fingerprint density at radius 2 is 2.00 bits per heavy atom. The second-order valence-corrected chi connectivity index (χ2v) is 6.25. The molecule has 0 bridgehead atoms. The van der Waals surface area contributed by atoms with Gasteiger partial charge in [0.05, 0.1) is 12.1 Å². The van der Waals surface area contributed by atoms with Gasteiger partial charge in [-0.2, -0.15) is 4.98 Å². The molecule has 0 aliphatic carbocycles. The van der Waals surface area contributed by atoms with Crippen molar-refractivity contribution in [2.24, 2.45) is 5.73 Å². The predicted octanol–water partition coefficient (Wildman–Crippen LogP) is 3.53. The zero-order valence-corrected chi connectivity index (χ0v) is 14.8. The Labute approximate surface area is 142 Å². The van der Waals surface area contributed by atoms with E-state index in [9.17, 15) is 0 Å². The van der Waals surface area contributed by atoms with Crippen LogP contribution in [0.4, 0.5) is 0 Å². The lowest BCUT2D eigenvalue weighted by Crippen LogP contribution is -2.30. The average Bonchev–Trinajstić information content (AvgIpc) is 2.87. The number of rotatable bonds is 5. The highest BCUT2D eigenvalue weighted by Gasteiger charge is 2.23. The van der Waals surface area contributed by atoms with E-state index in [1.165, 1.54) is 0 Å². The highest BCUT2D eigenvalue weighted by Crippen LogP contribution is 2.27. The van der Waals surface area contributed by atoms with Crippen LogP contribution in [0, 0.1) is 0 Å². The lowest BCUT2D eigenvalue weighted by atomic mass is 10.1. The molecule has 1 atom stereocenters. The molecule has 2 N–H and O–H groups in total. The molecule has 0 saturated carbocycles. The Kier molecular flexibility index (Phi) is 6.38. The van der Waals surface area contributed by atoms with Crippen LogP contribution in [0.25, 0.3) is 0 Å². The molecule has 1 aromatic heterocycles. The smallest absolute Gasteiger partial charge is 0.240 e. The van der Waals surface area contributed by atoms with E-state index in [0.717, 1.165) is 10.6 Å². The van der Waals surface area contributed by atoms with Gasteiger partial charge in [0, 0.05) is 11.1 Å². The van der Waals surface area contributed by atoms with Gasteiger partial charge in [-0.1, -0.05) is 35.0 Å². The third-order valence-electron chi connectivity index (χ3n) is 3.45. The van der Waals surface area contributed by atoms with Gasteiger partial charge in [0.15, 0.2) is 5.82 Å². The van der Waals surface area contributed by atoms with Gasteiger partial charge < -0.3 is 10.3 Å². The molecule has 1 unspecified atom stereocenters. The third-order valence-corrected chi connectivity index (χ3v) is 3.79. The maximum Gasteiger partial charge on any atom is 0.240 e. The number of hydrogen-bond donors (Lipinski definition) is 1. The fraction of sp³-hybridized carbons (Fsp3) is 0.467. The summed E-state index contributed by atoms with van der Waals surface area (Å²) in [6.45, 7) is 6.32. The Hall–Kier alpha value is -1.14. The Bertz CT molecular complexity index is 610. The summed E-state index contributed by atoms with van der Waals surface area (Å²) in [5.41, 5.74) is 6.42. The SMILES string of the molecule is CC(c1ccccc1Cl)N(C)Cc1nc(C(C)(C)N)no1.Cl. The number of aromatic nitrogens is 2. The molecule has 0 aliphatic rings. The van der Waals surface area contributed by atoms with Crippen molar-refractivity contribution in [3.8, 4) is 0 Å². The summed E-state index contributed by atoms with van der Waals surface area (Å²) in [6, 6.07) is 7.95. The van der Waals surface area contributed by atoms with Gasteiger partial charge in [0.1, 0.15) is 0 Å². The molecular formula is C15H22Cl2N4O. The van der Waals surface area contributed by atoms with Crippen LogP contribution in [0.1, 0.15) is 44.1 Å². The van der Waals surface area contributed by atoms with E-state index in [1.807, 2.05) is 45.2 Å². The van der Waals surface area contributed by atoms with Gasteiger partial charge in [-0.15, -0.1) is 12.4 Å². The molecule has 0 saturated heterocycles. The van der Waals surface area contributed by atoms with E-state index in [1.54, 1.807) is 0 Å². The van der Waals surface area contributed by atoms with Crippen molar-refractivity contribution in [2.45, 2.75) is 38.9 Å². The fourth-order valence-electron chi connectivity index (χ4n) is 1.98. The molecule has 0 amide bonds. The first-order valence-electron chi connectivity index (χ1n) is 6.85. The van der Waals surface area contributed by atoms with Crippen LogP contribution in [0.3, 0.4) is 0 Å². The summed E-state index contributed by atoms with van der Waals surface area (Å²) < 4.78 is 5.26. The molecule has 7 heteroatoms. The number of nitrogens with two attached hydrogens (primary N) is 1. The molecule has 0 radical (unpaired) electrons. The largest absolute Gasteiger partial charge is 0.338 e. The molecule has 1 heterocycles. The first-order valence-corrected chi connectivity index (χ1v) is 7.23. The quantitative estimate of drug-likeness (QED) is 0.898. The van der Waals surface area contributed by atoms with Gasteiger partial charge in [0.25, 0.3) is 0 Å². The van der Waals surface area contributed by atoms with Crippen molar-refractivity contribution in [3.05, 3.63) is 46.6 Å². The molecule has 122 valence electrons. The van der Waals surface area contributed by atoms with Crippen molar-refractivity contribution in [1.82, 2.24) is 15.0 Å². The van der Waals surface area contributed by atoms with Crippen molar-refractivity contribution < 1.29 is 4.52 Å². The first-order chi connectivity index (χ1) is 9.79. The summed E-state index contributed by atoms with van der Waals surface area (Å²) in [7, 11) is 1.99. The van der Waals surface area contributed by atoms with E-state index < -0.39 is 5.54 Å². The molecule has 5 nitrogen and oxygen atoms in total. The second-order valence-electron chi connectivity index (χ2n) is 5.85. The fourth-order valence-corrected chi connectivity index (χ4v) is 2.28. The van der Waals surface area contributed by atoms with Gasteiger partial charge in [-0.05, 0) is 39.4 Å².